The first-order chi connectivity index (χ1) is 18.4. The molecule has 1 saturated heterocycles. The molecular weight excluding hydrogens is 507 g/mol. The lowest BCUT2D eigenvalue weighted by Crippen LogP contribution is -2.47. The van der Waals surface area contributed by atoms with Gasteiger partial charge in [-0.05, 0) is 61.2 Å². The van der Waals surface area contributed by atoms with Crippen LogP contribution in [0, 0.1) is 5.82 Å². The van der Waals surface area contributed by atoms with Crippen LogP contribution in [0.4, 0.5) is 10.3 Å². The summed E-state index contributed by atoms with van der Waals surface area (Å²) in [6.07, 6.45) is 2.53. The molecule has 9 nitrogen and oxygen atoms in total. The number of ether oxygens (including phenoxy) is 2. The van der Waals surface area contributed by atoms with Crippen LogP contribution in [0.15, 0.2) is 48.5 Å². The van der Waals surface area contributed by atoms with Gasteiger partial charge in [0.25, 0.3) is 0 Å². The van der Waals surface area contributed by atoms with Crippen LogP contribution in [-0.4, -0.2) is 52.2 Å². The summed E-state index contributed by atoms with van der Waals surface area (Å²) in [5, 5.41) is 4.41. The van der Waals surface area contributed by atoms with E-state index >= 15 is 0 Å². The number of hydrogen-bond donors (Lipinski definition) is 2. The zero-order valence-electron chi connectivity index (χ0n) is 21.0. The Bertz CT molecular complexity index is 1400. The molecule has 38 heavy (non-hydrogen) atoms. The highest BCUT2D eigenvalue weighted by molar-refractivity contribution is 7.18. The van der Waals surface area contributed by atoms with Crippen molar-refractivity contribution < 1.29 is 18.7 Å². The third-order valence-electron chi connectivity index (χ3n) is 6.27. The van der Waals surface area contributed by atoms with Crippen molar-refractivity contribution in [3.8, 4) is 11.5 Å². The average Bonchev–Trinajstić information content (AvgIpc) is 3.31. The number of nitrogens with two attached hydrogens (primary N) is 1. The molecule has 2 aromatic carbocycles. The molecule has 1 fully saturated rings. The number of nitrogens with zero attached hydrogens (tertiary/aromatic N) is 4. The molecule has 198 valence electrons. The van der Waals surface area contributed by atoms with Crippen LogP contribution in [0.2, 0.25) is 0 Å². The molecule has 2 aromatic heterocycles. The summed E-state index contributed by atoms with van der Waals surface area (Å²) in [5.41, 5.74) is 8.76. The van der Waals surface area contributed by atoms with Crippen LogP contribution < -0.4 is 20.5 Å². The maximum atomic E-state index is 13.2. The van der Waals surface area contributed by atoms with Crippen molar-refractivity contribution in [3.63, 3.8) is 0 Å². The van der Waals surface area contributed by atoms with E-state index in [2.05, 4.69) is 20.2 Å². The minimum Gasteiger partial charge on any atom is -0.478 e. The fraction of sp³-hybridized carbons (Fsp3) is 0.333. The van der Waals surface area contributed by atoms with E-state index < -0.39 is 0 Å². The maximum Gasteiger partial charge on any atom is 0.308 e. The van der Waals surface area contributed by atoms with E-state index in [0.29, 0.717) is 24.8 Å². The van der Waals surface area contributed by atoms with E-state index in [1.54, 1.807) is 24.3 Å². The third kappa shape index (κ3) is 6.42. The molecule has 4 aromatic rings. The summed E-state index contributed by atoms with van der Waals surface area (Å²) in [7, 11) is 0. The van der Waals surface area contributed by atoms with Gasteiger partial charge in [0.2, 0.25) is 5.95 Å². The van der Waals surface area contributed by atoms with Gasteiger partial charge >= 0.3 is 5.97 Å². The van der Waals surface area contributed by atoms with Crippen LogP contribution >= 0.6 is 11.3 Å². The van der Waals surface area contributed by atoms with E-state index in [4.69, 9.17) is 20.2 Å². The number of rotatable bonds is 9. The summed E-state index contributed by atoms with van der Waals surface area (Å²) in [4.78, 5) is 28.1. The standard InChI is InChI=1S/C27H29FN6O3S/c1-17(35)37-21-11-9-20(10-12-21)36-16-34-14-13-30-15-22(34)24-25-26(33-27(29)32-24)38-23(31-25)4-2-3-18-5-7-19(28)8-6-18/h5-12,22,30H,2-4,13-16H2,1H3,(H2,29,32,33). The van der Waals surface area contributed by atoms with E-state index in [1.807, 2.05) is 12.1 Å². The molecule has 1 unspecified atom stereocenters. The number of thiazole rings is 1. The van der Waals surface area contributed by atoms with Crippen molar-refractivity contribution in [1.82, 2.24) is 25.2 Å². The highest BCUT2D eigenvalue weighted by atomic mass is 32.1. The number of benzene rings is 2. The molecule has 0 aliphatic carbocycles. The second kappa shape index (κ2) is 11.8. The molecule has 3 N–H and O–H groups in total. The lowest BCUT2D eigenvalue weighted by Gasteiger charge is -2.35. The summed E-state index contributed by atoms with van der Waals surface area (Å²) in [6, 6.07) is 13.5. The zero-order valence-corrected chi connectivity index (χ0v) is 21.8. The van der Waals surface area contributed by atoms with Gasteiger partial charge in [-0.3, -0.25) is 9.69 Å². The smallest absolute Gasteiger partial charge is 0.308 e. The number of hydrogen-bond acceptors (Lipinski definition) is 10. The molecule has 5 rings (SSSR count). The number of piperazine rings is 1. The molecule has 1 aliphatic rings. The van der Waals surface area contributed by atoms with Gasteiger partial charge in [-0.1, -0.05) is 23.5 Å². The molecule has 0 bridgehead atoms. The Labute approximate surface area is 223 Å². The normalized spacial score (nSPS) is 16.0. The number of nitrogen functional groups attached to an aromatic ring is 1. The van der Waals surface area contributed by atoms with Gasteiger partial charge in [0.1, 0.15) is 34.4 Å². The highest BCUT2D eigenvalue weighted by Crippen LogP contribution is 2.31. The SMILES string of the molecule is CC(=O)Oc1ccc(OCN2CCNCC2c2nc(N)nc3sc(CCCc4ccc(F)cc4)nc23)cc1. The molecule has 0 spiro atoms. The number of aromatic nitrogens is 3. The lowest BCUT2D eigenvalue weighted by atomic mass is 10.1. The van der Waals surface area contributed by atoms with Crippen LogP contribution in [0.1, 0.15) is 35.7 Å². The summed E-state index contributed by atoms with van der Waals surface area (Å²) >= 11 is 1.54. The van der Waals surface area contributed by atoms with Gasteiger partial charge in [-0.2, -0.15) is 0 Å². The molecule has 0 amide bonds. The van der Waals surface area contributed by atoms with E-state index in [0.717, 1.165) is 59.0 Å². The second-order valence-electron chi connectivity index (χ2n) is 9.08. The number of esters is 1. The number of halogens is 1. The Morgan fingerprint density at radius 1 is 1.11 bits per heavy atom. The third-order valence-corrected chi connectivity index (χ3v) is 7.28. The first-order valence-electron chi connectivity index (χ1n) is 12.5. The molecule has 11 heteroatoms. The first-order valence-corrected chi connectivity index (χ1v) is 13.3. The minimum absolute atomic E-state index is 0.0916. The number of carbonyl (C=O) groups excluding carboxylic acids is 1. The molecular formula is C27H29FN6O3S. The molecule has 3 heterocycles. The zero-order chi connectivity index (χ0) is 26.5. The summed E-state index contributed by atoms with van der Waals surface area (Å²) < 4.78 is 24.3. The number of nitrogens with one attached hydrogen (secondary N) is 1. The van der Waals surface area contributed by atoms with E-state index in [9.17, 15) is 9.18 Å². The van der Waals surface area contributed by atoms with E-state index in [1.165, 1.54) is 30.4 Å². The summed E-state index contributed by atoms with van der Waals surface area (Å²) in [5.74, 6) is 0.776. The number of carbonyl (C=O) groups is 1. The fourth-order valence-electron chi connectivity index (χ4n) is 4.44. The van der Waals surface area contributed by atoms with Crippen molar-refractivity contribution in [3.05, 3.63) is 70.6 Å². The van der Waals surface area contributed by atoms with Crippen molar-refractivity contribution in [1.29, 1.82) is 0 Å². The van der Waals surface area contributed by atoms with Gasteiger partial charge in [0.05, 0.1) is 16.7 Å². The quantitative estimate of drug-likeness (QED) is 0.243. The predicted molar refractivity (Wildman–Crippen MR) is 144 cm³/mol. The monoisotopic (exact) mass is 536 g/mol. The van der Waals surface area contributed by atoms with Crippen molar-refractivity contribution in [2.75, 3.05) is 32.1 Å². The predicted octanol–water partition coefficient (Wildman–Crippen LogP) is 3.89. The van der Waals surface area contributed by atoms with Crippen LogP contribution in [0.25, 0.3) is 10.3 Å². The summed E-state index contributed by atoms with van der Waals surface area (Å²) in [6.45, 7) is 3.97. The Kier molecular flexibility index (Phi) is 8.06. The van der Waals surface area contributed by atoms with Crippen LogP contribution in [-0.2, 0) is 17.6 Å². The van der Waals surface area contributed by atoms with Crippen molar-refractivity contribution >= 4 is 33.6 Å². The fourth-order valence-corrected chi connectivity index (χ4v) is 5.43. The second-order valence-corrected chi connectivity index (χ2v) is 10.1. The number of aryl methyl sites for hydroxylation is 2. The maximum absolute atomic E-state index is 13.2. The first kappa shape index (κ1) is 26.0. The van der Waals surface area contributed by atoms with E-state index in [-0.39, 0.29) is 23.8 Å². The Morgan fingerprint density at radius 2 is 1.87 bits per heavy atom. The van der Waals surface area contributed by atoms with Gasteiger partial charge in [0, 0.05) is 26.6 Å². The highest BCUT2D eigenvalue weighted by Gasteiger charge is 2.29. The molecule has 1 atom stereocenters. The van der Waals surface area contributed by atoms with Crippen molar-refractivity contribution in [2.24, 2.45) is 0 Å². The lowest BCUT2D eigenvalue weighted by molar-refractivity contribution is -0.131. The van der Waals surface area contributed by atoms with Crippen LogP contribution in [0.5, 0.6) is 11.5 Å². The molecule has 0 radical (unpaired) electrons. The average molecular weight is 537 g/mol. The number of fused-ring (bicyclic) bond motifs is 1. The Morgan fingerprint density at radius 3 is 2.63 bits per heavy atom. The van der Waals surface area contributed by atoms with Gasteiger partial charge < -0.3 is 20.5 Å². The number of anilines is 1. The molecule has 0 saturated carbocycles. The Hall–Kier alpha value is -3.67. The van der Waals surface area contributed by atoms with Gasteiger partial charge in [-0.15, -0.1) is 0 Å². The Balaban J connectivity index is 1.29. The van der Waals surface area contributed by atoms with Crippen molar-refractivity contribution in [2.45, 2.75) is 32.2 Å². The topological polar surface area (TPSA) is 115 Å². The largest absolute Gasteiger partial charge is 0.478 e. The molecule has 1 aliphatic heterocycles. The van der Waals surface area contributed by atoms with Crippen LogP contribution in [0.3, 0.4) is 0 Å². The van der Waals surface area contributed by atoms with Gasteiger partial charge in [-0.25, -0.2) is 19.3 Å². The minimum atomic E-state index is -0.365. The van der Waals surface area contributed by atoms with Gasteiger partial charge in [0.15, 0.2) is 0 Å².